The van der Waals surface area contributed by atoms with Gasteiger partial charge in [-0.3, -0.25) is 4.79 Å². The van der Waals surface area contributed by atoms with E-state index in [2.05, 4.69) is 10.2 Å². The third-order valence-electron chi connectivity index (χ3n) is 3.77. The van der Waals surface area contributed by atoms with Crippen LogP contribution in [0.25, 0.3) is 6.08 Å². The molecule has 0 saturated carbocycles. The summed E-state index contributed by atoms with van der Waals surface area (Å²) in [5.74, 6) is -1.69. The Morgan fingerprint density at radius 3 is 2.67 bits per heavy atom. The molecule has 1 aliphatic heterocycles. The van der Waals surface area contributed by atoms with E-state index in [1.54, 1.807) is 11.0 Å². The van der Waals surface area contributed by atoms with Gasteiger partial charge in [-0.1, -0.05) is 6.07 Å². The van der Waals surface area contributed by atoms with Crippen LogP contribution in [0.4, 0.5) is 13.2 Å². The van der Waals surface area contributed by atoms with Gasteiger partial charge in [-0.25, -0.2) is 0 Å². The van der Waals surface area contributed by atoms with E-state index in [9.17, 15) is 18.0 Å². The lowest BCUT2D eigenvalue weighted by Crippen LogP contribution is -2.36. The van der Waals surface area contributed by atoms with E-state index >= 15 is 0 Å². The fraction of sp³-hybridized carbons (Fsp3) is 0.400. The van der Waals surface area contributed by atoms with E-state index in [-0.39, 0.29) is 17.7 Å². The van der Waals surface area contributed by atoms with Gasteiger partial charge in [0.1, 0.15) is 0 Å². The molecule has 0 aromatic carbocycles. The maximum atomic E-state index is 12.5. The molecular weight excluding hydrogens is 343 g/mol. The first kappa shape index (κ1) is 16.7. The quantitative estimate of drug-likeness (QED) is 0.788. The number of carbonyl (C=O) groups excluding carboxylic acids is 1. The van der Waals surface area contributed by atoms with Crippen LogP contribution in [-0.2, 0) is 11.0 Å². The number of alkyl halides is 3. The highest BCUT2D eigenvalue weighted by atomic mass is 32.1. The molecule has 0 N–H and O–H groups in total. The molecular formula is C15H14F3N3O2S. The molecule has 0 aliphatic carbocycles. The molecule has 5 nitrogen and oxygen atoms in total. The van der Waals surface area contributed by atoms with Crippen LogP contribution in [0.15, 0.2) is 28.0 Å². The monoisotopic (exact) mass is 357 g/mol. The number of hydrogen-bond donors (Lipinski definition) is 0. The van der Waals surface area contributed by atoms with Crippen molar-refractivity contribution < 1.29 is 22.4 Å². The molecule has 2 aromatic heterocycles. The Bertz CT molecular complexity index is 717. The molecule has 0 bridgehead atoms. The van der Waals surface area contributed by atoms with Crippen LogP contribution in [0.5, 0.6) is 0 Å². The Labute approximate surface area is 139 Å². The average Bonchev–Trinajstić information content (AvgIpc) is 3.23. The summed E-state index contributed by atoms with van der Waals surface area (Å²) < 4.78 is 42.2. The number of piperidine rings is 1. The van der Waals surface area contributed by atoms with Crippen molar-refractivity contribution in [2.24, 2.45) is 0 Å². The summed E-state index contributed by atoms with van der Waals surface area (Å²) in [6.07, 6.45) is -0.363. The van der Waals surface area contributed by atoms with Gasteiger partial charge in [0, 0.05) is 30.0 Å². The second kappa shape index (κ2) is 6.76. The third kappa shape index (κ3) is 3.84. The van der Waals surface area contributed by atoms with E-state index in [0.717, 1.165) is 4.88 Å². The van der Waals surface area contributed by atoms with Crippen molar-refractivity contribution in [3.8, 4) is 0 Å². The van der Waals surface area contributed by atoms with Crippen molar-refractivity contribution in [3.05, 3.63) is 40.2 Å². The van der Waals surface area contributed by atoms with Gasteiger partial charge in [-0.2, -0.15) is 13.2 Å². The number of rotatable bonds is 3. The summed E-state index contributed by atoms with van der Waals surface area (Å²) in [5, 5.41) is 8.46. The minimum Gasteiger partial charge on any atom is -0.417 e. The zero-order chi connectivity index (χ0) is 17.2. The number of carbonyl (C=O) groups is 1. The Balaban J connectivity index is 1.55. The predicted molar refractivity (Wildman–Crippen MR) is 81.2 cm³/mol. The van der Waals surface area contributed by atoms with Gasteiger partial charge in [0.2, 0.25) is 11.8 Å². The number of hydrogen-bond acceptors (Lipinski definition) is 5. The highest BCUT2D eigenvalue weighted by Gasteiger charge is 2.39. The smallest absolute Gasteiger partial charge is 0.417 e. The number of amides is 1. The molecule has 1 aliphatic rings. The second-order valence-electron chi connectivity index (χ2n) is 5.39. The Kier molecular flexibility index (Phi) is 4.70. The number of halogens is 3. The molecule has 1 fully saturated rings. The van der Waals surface area contributed by atoms with E-state index in [0.29, 0.717) is 25.9 Å². The van der Waals surface area contributed by atoms with E-state index in [1.807, 2.05) is 17.5 Å². The zero-order valence-corrected chi connectivity index (χ0v) is 13.3. The molecule has 1 saturated heterocycles. The third-order valence-corrected chi connectivity index (χ3v) is 4.61. The van der Waals surface area contributed by atoms with Gasteiger partial charge in [-0.05, 0) is 30.4 Å². The predicted octanol–water partition coefficient (Wildman–Crippen LogP) is 3.57. The Morgan fingerprint density at radius 1 is 1.33 bits per heavy atom. The Morgan fingerprint density at radius 2 is 2.08 bits per heavy atom. The minimum atomic E-state index is -4.63. The summed E-state index contributed by atoms with van der Waals surface area (Å²) in [6.45, 7) is 0.893. The normalized spacial score (nSPS) is 16.9. The lowest BCUT2D eigenvalue weighted by molar-refractivity contribution is -0.157. The van der Waals surface area contributed by atoms with Gasteiger partial charge in [0.15, 0.2) is 0 Å². The van der Waals surface area contributed by atoms with Crippen molar-refractivity contribution >= 4 is 23.3 Å². The summed E-state index contributed by atoms with van der Waals surface area (Å²) >= 11 is 1.54. The molecule has 24 heavy (non-hydrogen) atoms. The fourth-order valence-corrected chi connectivity index (χ4v) is 3.12. The molecule has 3 rings (SSSR count). The number of likely N-dealkylation sites (tertiary alicyclic amines) is 1. The maximum absolute atomic E-state index is 12.5. The molecule has 0 spiro atoms. The molecule has 0 radical (unpaired) electrons. The van der Waals surface area contributed by atoms with E-state index in [1.165, 1.54) is 17.4 Å². The summed E-state index contributed by atoms with van der Waals surface area (Å²) in [5.41, 5.74) is 0. The fourth-order valence-electron chi connectivity index (χ4n) is 2.51. The number of thiophene rings is 1. The second-order valence-corrected chi connectivity index (χ2v) is 6.37. The maximum Gasteiger partial charge on any atom is 0.470 e. The SMILES string of the molecule is O=C(/C=C/c1cccs1)N1CCC(c2nnc(C(F)(F)F)o2)CC1. The van der Waals surface area contributed by atoms with Crippen LogP contribution in [-0.4, -0.2) is 34.1 Å². The van der Waals surface area contributed by atoms with Crippen LogP contribution in [0.2, 0.25) is 0 Å². The van der Waals surface area contributed by atoms with Gasteiger partial charge in [-0.15, -0.1) is 21.5 Å². The minimum absolute atomic E-state index is 0.0106. The lowest BCUT2D eigenvalue weighted by Gasteiger charge is -2.29. The summed E-state index contributed by atoms with van der Waals surface area (Å²) in [6, 6.07) is 3.81. The summed E-state index contributed by atoms with van der Waals surface area (Å²) in [7, 11) is 0. The first-order valence-corrected chi connectivity index (χ1v) is 8.22. The highest BCUT2D eigenvalue weighted by molar-refractivity contribution is 7.10. The van der Waals surface area contributed by atoms with Crippen LogP contribution in [0.1, 0.15) is 35.4 Å². The first-order chi connectivity index (χ1) is 11.4. The van der Waals surface area contributed by atoms with Crippen molar-refractivity contribution in [1.29, 1.82) is 0 Å². The summed E-state index contributed by atoms with van der Waals surface area (Å²) in [4.78, 5) is 14.8. The molecule has 0 unspecified atom stereocenters. The number of nitrogens with zero attached hydrogens (tertiary/aromatic N) is 3. The van der Waals surface area contributed by atoms with Gasteiger partial charge < -0.3 is 9.32 Å². The largest absolute Gasteiger partial charge is 0.470 e. The van der Waals surface area contributed by atoms with E-state index < -0.39 is 12.1 Å². The molecule has 0 atom stereocenters. The topological polar surface area (TPSA) is 59.2 Å². The van der Waals surface area contributed by atoms with Crippen molar-refractivity contribution in [3.63, 3.8) is 0 Å². The van der Waals surface area contributed by atoms with Gasteiger partial charge in [0.05, 0.1) is 0 Å². The molecule has 9 heteroatoms. The van der Waals surface area contributed by atoms with Crippen molar-refractivity contribution in [1.82, 2.24) is 15.1 Å². The van der Waals surface area contributed by atoms with Crippen molar-refractivity contribution in [2.45, 2.75) is 24.9 Å². The van der Waals surface area contributed by atoms with Crippen LogP contribution >= 0.6 is 11.3 Å². The standard InChI is InChI=1S/C15H14F3N3O2S/c16-15(17,18)14-20-19-13(23-14)10-5-7-21(8-6-10)12(22)4-3-11-2-1-9-24-11/h1-4,9-10H,5-8H2/b4-3+. The lowest BCUT2D eigenvalue weighted by atomic mass is 9.97. The van der Waals surface area contributed by atoms with Crippen LogP contribution in [0, 0.1) is 0 Å². The highest BCUT2D eigenvalue weighted by Crippen LogP contribution is 2.32. The van der Waals surface area contributed by atoms with Crippen LogP contribution < -0.4 is 0 Å². The zero-order valence-electron chi connectivity index (χ0n) is 12.5. The molecule has 3 heterocycles. The molecule has 1 amide bonds. The van der Waals surface area contributed by atoms with Gasteiger partial charge >= 0.3 is 12.1 Å². The van der Waals surface area contributed by atoms with Crippen molar-refractivity contribution in [2.75, 3.05) is 13.1 Å². The molecule has 2 aromatic rings. The first-order valence-electron chi connectivity index (χ1n) is 7.34. The van der Waals surface area contributed by atoms with E-state index in [4.69, 9.17) is 4.42 Å². The Hall–Kier alpha value is -2.16. The molecule has 128 valence electrons. The number of aromatic nitrogens is 2. The average molecular weight is 357 g/mol. The van der Waals surface area contributed by atoms with Crippen LogP contribution in [0.3, 0.4) is 0 Å². The van der Waals surface area contributed by atoms with Gasteiger partial charge in [0.25, 0.3) is 0 Å².